The Morgan fingerprint density at radius 2 is 1.81 bits per heavy atom. The van der Waals surface area contributed by atoms with Crippen LogP contribution < -0.4 is 11.1 Å². The van der Waals surface area contributed by atoms with Crippen molar-refractivity contribution < 1.29 is 5.73 Å². The Labute approximate surface area is 123 Å². The third-order valence-electron chi connectivity index (χ3n) is 3.26. The van der Waals surface area contributed by atoms with Crippen LogP contribution in [0.3, 0.4) is 0 Å². The highest BCUT2D eigenvalue weighted by Gasteiger charge is 2.08. The van der Waals surface area contributed by atoms with E-state index in [0.29, 0.717) is 5.82 Å². The van der Waals surface area contributed by atoms with E-state index in [1.165, 1.54) is 0 Å². The maximum absolute atomic E-state index is 4.67. The van der Waals surface area contributed by atoms with Crippen molar-refractivity contribution in [2.24, 2.45) is 0 Å². The molecule has 0 unspecified atom stereocenters. The van der Waals surface area contributed by atoms with Crippen LogP contribution in [0.25, 0.3) is 22.3 Å². The fourth-order valence-corrected chi connectivity index (χ4v) is 2.17. The van der Waals surface area contributed by atoms with E-state index in [1.54, 1.807) is 12.4 Å². The number of hydrogen-bond donors (Lipinski definition) is 2. The lowest BCUT2D eigenvalue weighted by Gasteiger charge is -2.10. The third kappa shape index (κ3) is 2.98. The van der Waals surface area contributed by atoms with E-state index in [0.717, 1.165) is 41.8 Å². The van der Waals surface area contributed by atoms with Crippen molar-refractivity contribution in [2.75, 3.05) is 18.4 Å². The van der Waals surface area contributed by atoms with Crippen LogP contribution in [0.5, 0.6) is 0 Å². The Balaban J connectivity index is 2.06. The van der Waals surface area contributed by atoms with Crippen LogP contribution in [-0.2, 0) is 0 Å². The molecule has 0 aliphatic carbocycles. The molecule has 5 nitrogen and oxygen atoms in total. The maximum Gasteiger partial charge on any atom is 0.162 e. The second-order valence-corrected chi connectivity index (χ2v) is 4.78. The van der Waals surface area contributed by atoms with E-state index in [2.05, 4.69) is 26.0 Å². The number of quaternary nitrogens is 1. The minimum absolute atomic E-state index is 0.716. The molecule has 0 aliphatic heterocycles. The van der Waals surface area contributed by atoms with Gasteiger partial charge in [0.1, 0.15) is 5.82 Å². The standard InChI is InChI=1S/C16H17N5/c17-8-3-9-19-16-13-4-1-2-5-14(13)20-15(21-16)12-6-10-18-11-7-12/h1-2,4-7,10-11H,3,8-9,17H2,(H,19,20,21)/p+1. The number of rotatable bonds is 5. The first-order valence-corrected chi connectivity index (χ1v) is 7.09. The van der Waals surface area contributed by atoms with Crippen molar-refractivity contribution in [1.82, 2.24) is 15.0 Å². The molecule has 106 valence electrons. The van der Waals surface area contributed by atoms with Crippen LogP contribution in [0.15, 0.2) is 48.8 Å². The highest BCUT2D eigenvalue weighted by molar-refractivity contribution is 5.90. The average Bonchev–Trinajstić information content (AvgIpc) is 2.55. The molecule has 0 fully saturated rings. The molecule has 4 N–H and O–H groups in total. The van der Waals surface area contributed by atoms with Crippen molar-refractivity contribution in [3.05, 3.63) is 48.8 Å². The second-order valence-electron chi connectivity index (χ2n) is 4.78. The lowest BCUT2D eigenvalue weighted by molar-refractivity contribution is -0.367. The van der Waals surface area contributed by atoms with Crippen molar-refractivity contribution in [1.29, 1.82) is 0 Å². The summed E-state index contributed by atoms with van der Waals surface area (Å²) in [6.45, 7) is 1.77. The van der Waals surface area contributed by atoms with E-state index >= 15 is 0 Å². The number of anilines is 1. The molecule has 0 amide bonds. The fraction of sp³-hybridized carbons (Fsp3) is 0.188. The van der Waals surface area contributed by atoms with Crippen molar-refractivity contribution >= 4 is 16.7 Å². The molecule has 3 rings (SSSR count). The van der Waals surface area contributed by atoms with Gasteiger partial charge in [0.25, 0.3) is 0 Å². The number of aromatic nitrogens is 3. The lowest BCUT2D eigenvalue weighted by Crippen LogP contribution is -2.50. The quantitative estimate of drug-likeness (QED) is 0.698. The summed E-state index contributed by atoms with van der Waals surface area (Å²) in [4.78, 5) is 13.4. The summed E-state index contributed by atoms with van der Waals surface area (Å²) in [5.74, 6) is 1.59. The van der Waals surface area contributed by atoms with E-state index in [9.17, 15) is 0 Å². The average molecular weight is 280 g/mol. The molecule has 0 atom stereocenters. The molecule has 0 bridgehead atoms. The summed E-state index contributed by atoms with van der Waals surface area (Å²) in [7, 11) is 0. The fourth-order valence-electron chi connectivity index (χ4n) is 2.17. The summed E-state index contributed by atoms with van der Waals surface area (Å²) in [5.41, 5.74) is 5.77. The van der Waals surface area contributed by atoms with Crippen LogP contribution in [0, 0.1) is 0 Å². The van der Waals surface area contributed by atoms with Gasteiger partial charge in [0.05, 0.1) is 12.1 Å². The molecular formula is C16H18N5+. The Morgan fingerprint density at radius 1 is 1.00 bits per heavy atom. The lowest BCUT2D eigenvalue weighted by atomic mass is 10.2. The summed E-state index contributed by atoms with van der Waals surface area (Å²) in [5, 5.41) is 4.43. The predicted octanol–water partition coefficient (Wildman–Crippen LogP) is 1.74. The SMILES string of the molecule is [NH3+]CCCNc1nc(-c2ccncc2)nc2ccccc12. The molecular weight excluding hydrogens is 262 g/mol. The van der Waals surface area contributed by atoms with Gasteiger partial charge in [-0.1, -0.05) is 12.1 Å². The van der Waals surface area contributed by atoms with Gasteiger partial charge in [0.2, 0.25) is 0 Å². The van der Waals surface area contributed by atoms with E-state index in [-0.39, 0.29) is 0 Å². The zero-order valence-corrected chi connectivity index (χ0v) is 11.8. The summed E-state index contributed by atoms with van der Waals surface area (Å²) in [6.07, 6.45) is 4.52. The van der Waals surface area contributed by atoms with Gasteiger partial charge in [-0.15, -0.1) is 0 Å². The summed E-state index contributed by atoms with van der Waals surface area (Å²) < 4.78 is 0. The molecule has 0 saturated heterocycles. The topological polar surface area (TPSA) is 78.3 Å². The normalized spacial score (nSPS) is 10.7. The largest absolute Gasteiger partial charge is 0.369 e. The van der Waals surface area contributed by atoms with Crippen LogP contribution >= 0.6 is 0 Å². The van der Waals surface area contributed by atoms with Gasteiger partial charge < -0.3 is 11.1 Å². The Morgan fingerprint density at radius 3 is 2.62 bits per heavy atom. The molecule has 0 aliphatic rings. The van der Waals surface area contributed by atoms with Crippen LogP contribution in [0.4, 0.5) is 5.82 Å². The second kappa shape index (κ2) is 6.28. The Kier molecular flexibility index (Phi) is 4.02. The zero-order chi connectivity index (χ0) is 14.5. The molecule has 21 heavy (non-hydrogen) atoms. The van der Waals surface area contributed by atoms with E-state index in [4.69, 9.17) is 0 Å². The van der Waals surface area contributed by atoms with Gasteiger partial charge >= 0.3 is 0 Å². The maximum atomic E-state index is 4.67. The van der Waals surface area contributed by atoms with Crippen molar-refractivity contribution in [3.63, 3.8) is 0 Å². The molecule has 0 radical (unpaired) electrons. The van der Waals surface area contributed by atoms with Crippen LogP contribution in [0.2, 0.25) is 0 Å². The van der Waals surface area contributed by atoms with Crippen molar-refractivity contribution in [3.8, 4) is 11.4 Å². The molecule has 5 heteroatoms. The van der Waals surface area contributed by atoms with E-state index in [1.807, 2.05) is 36.4 Å². The Bertz CT molecular complexity index is 727. The first-order chi connectivity index (χ1) is 10.4. The molecule has 3 aromatic rings. The number of hydrogen-bond acceptors (Lipinski definition) is 4. The summed E-state index contributed by atoms with van der Waals surface area (Å²) >= 11 is 0. The summed E-state index contributed by atoms with van der Waals surface area (Å²) in [6, 6.07) is 11.9. The van der Waals surface area contributed by atoms with E-state index < -0.39 is 0 Å². The van der Waals surface area contributed by atoms with Gasteiger partial charge in [0, 0.05) is 36.3 Å². The zero-order valence-electron chi connectivity index (χ0n) is 11.8. The molecule has 0 saturated carbocycles. The number of benzene rings is 1. The molecule has 0 spiro atoms. The minimum Gasteiger partial charge on any atom is -0.369 e. The van der Waals surface area contributed by atoms with Crippen LogP contribution in [-0.4, -0.2) is 28.0 Å². The van der Waals surface area contributed by atoms with Gasteiger partial charge in [0.15, 0.2) is 5.82 Å². The van der Waals surface area contributed by atoms with Gasteiger partial charge in [-0.3, -0.25) is 4.98 Å². The van der Waals surface area contributed by atoms with Gasteiger partial charge in [-0.25, -0.2) is 9.97 Å². The molecule has 2 aromatic heterocycles. The Hall–Kier alpha value is -2.53. The van der Waals surface area contributed by atoms with Gasteiger partial charge in [-0.05, 0) is 24.3 Å². The number of para-hydroxylation sites is 1. The molecule has 2 heterocycles. The predicted molar refractivity (Wildman–Crippen MR) is 83.6 cm³/mol. The van der Waals surface area contributed by atoms with Gasteiger partial charge in [-0.2, -0.15) is 0 Å². The number of nitrogens with zero attached hydrogens (tertiary/aromatic N) is 3. The number of nitrogens with one attached hydrogen (secondary N) is 1. The smallest absolute Gasteiger partial charge is 0.162 e. The number of fused-ring (bicyclic) bond motifs is 1. The van der Waals surface area contributed by atoms with Crippen LogP contribution in [0.1, 0.15) is 6.42 Å². The number of pyridine rings is 1. The highest BCUT2D eigenvalue weighted by atomic mass is 15.0. The third-order valence-corrected chi connectivity index (χ3v) is 3.26. The first-order valence-electron chi connectivity index (χ1n) is 7.09. The first kappa shape index (κ1) is 13.5. The van der Waals surface area contributed by atoms with Crippen molar-refractivity contribution in [2.45, 2.75) is 6.42 Å². The minimum atomic E-state index is 0.716. The monoisotopic (exact) mass is 280 g/mol. The molecule has 1 aromatic carbocycles. The highest BCUT2D eigenvalue weighted by Crippen LogP contribution is 2.24.